The van der Waals surface area contributed by atoms with Gasteiger partial charge in [0.15, 0.2) is 6.79 Å². The average molecular weight is 328 g/mol. The Morgan fingerprint density at radius 3 is 2.58 bits per heavy atom. The normalized spacial score (nSPS) is 55.5. The fourth-order valence-corrected chi connectivity index (χ4v) is 7.96. The minimum absolute atomic E-state index is 0.0378. The van der Waals surface area contributed by atoms with Crippen molar-refractivity contribution < 1.29 is 14.3 Å². The lowest BCUT2D eigenvalue weighted by atomic mass is 9.69. The number of carbonyl (C=O) groups excluding carboxylic acids is 1. The van der Waals surface area contributed by atoms with Crippen molar-refractivity contribution >= 4 is 5.97 Å². The van der Waals surface area contributed by atoms with Gasteiger partial charge in [0.05, 0.1) is 12.0 Å². The van der Waals surface area contributed by atoms with Gasteiger partial charge in [-0.15, -0.1) is 0 Å². The molecule has 130 valence electrons. The van der Waals surface area contributed by atoms with Crippen molar-refractivity contribution in [2.75, 3.05) is 6.79 Å². The molecule has 0 amide bonds. The predicted molar refractivity (Wildman–Crippen MR) is 88.7 cm³/mol. The van der Waals surface area contributed by atoms with E-state index in [1.165, 1.54) is 38.5 Å². The Labute approximate surface area is 144 Å². The molecule has 5 saturated carbocycles. The highest BCUT2D eigenvalue weighted by Gasteiger charge is 2.62. The van der Waals surface area contributed by atoms with Crippen molar-refractivity contribution in [3.05, 3.63) is 12.2 Å². The molecule has 10 unspecified atom stereocenters. The zero-order chi connectivity index (χ0) is 15.8. The Morgan fingerprint density at radius 2 is 1.79 bits per heavy atom. The standard InChI is InChI=1S/C21H28O3/c22-21(24-10-23-18-6-11-1-2-12(18)5-11)17-9-15-8-16(17)20-14-4-3-13(7-14)19(15)20/h3-4,11-20H,1-2,5-10H2. The number of fused-ring (bicyclic) bond motifs is 11. The van der Waals surface area contributed by atoms with E-state index in [-0.39, 0.29) is 18.7 Å². The van der Waals surface area contributed by atoms with Gasteiger partial charge in [0.1, 0.15) is 0 Å². The van der Waals surface area contributed by atoms with Gasteiger partial charge in [0, 0.05) is 0 Å². The van der Waals surface area contributed by atoms with E-state index in [4.69, 9.17) is 9.47 Å². The Bertz CT molecular complexity index is 584. The first kappa shape index (κ1) is 14.4. The molecule has 10 atom stereocenters. The van der Waals surface area contributed by atoms with Crippen LogP contribution in [0.4, 0.5) is 0 Å². The molecule has 0 saturated heterocycles. The van der Waals surface area contributed by atoms with Gasteiger partial charge in [0.2, 0.25) is 0 Å². The maximum absolute atomic E-state index is 12.6. The number of ether oxygens (including phenoxy) is 2. The Balaban J connectivity index is 1.06. The molecule has 6 rings (SSSR count). The number of carbonyl (C=O) groups is 1. The number of rotatable bonds is 4. The van der Waals surface area contributed by atoms with Crippen molar-refractivity contribution in [2.24, 2.45) is 53.3 Å². The number of hydrogen-bond donors (Lipinski definition) is 0. The maximum atomic E-state index is 12.6. The molecular formula is C21H28O3. The first-order valence-electron chi connectivity index (χ1n) is 10.2. The van der Waals surface area contributed by atoms with Crippen molar-refractivity contribution in [2.45, 2.75) is 51.0 Å². The van der Waals surface area contributed by atoms with Crippen LogP contribution in [0.1, 0.15) is 44.9 Å². The van der Waals surface area contributed by atoms with Crippen LogP contribution in [0.25, 0.3) is 0 Å². The van der Waals surface area contributed by atoms with Crippen LogP contribution in [0, 0.1) is 53.3 Å². The molecule has 0 heterocycles. The molecule has 0 aromatic rings. The molecule has 6 aliphatic carbocycles. The van der Waals surface area contributed by atoms with Crippen LogP contribution in [0.2, 0.25) is 0 Å². The van der Waals surface area contributed by atoms with Gasteiger partial charge in [-0.2, -0.15) is 0 Å². The molecule has 5 fully saturated rings. The van der Waals surface area contributed by atoms with Gasteiger partial charge in [-0.25, -0.2) is 0 Å². The first-order valence-corrected chi connectivity index (χ1v) is 10.2. The highest BCUT2D eigenvalue weighted by Crippen LogP contribution is 2.67. The van der Waals surface area contributed by atoms with Crippen LogP contribution in [-0.4, -0.2) is 18.9 Å². The van der Waals surface area contributed by atoms with E-state index in [1.807, 2.05) is 0 Å². The van der Waals surface area contributed by atoms with E-state index in [9.17, 15) is 4.79 Å². The van der Waals surface area contributed by atoms with E-state index in [0.29, 0.717) is 12.0 Å². The second-order valence-electron chi connectivity index (χ2n) is 9.57. The third-order valence-corrected chi connectivity index (χ3v) is 8.73. The van der Waals surface area contributed by atoms with E-state index in [1.54, 1.807) is 0 Å². The molecule has 24 heavy (non-hydrogen) atoms. The largest absolute Gasteiger partial charge is 0.438 e. The highest BCUT2D eigenvalue weighted by atomic mass is 16.7. The van der Waals surface area contributed by atoms with Gasteiger partial charge in [-0.1, -0.05) is 12.2 Å². The van der Waals surface area contributed by atoms with Crippen molar-refractivity contribution in [1.82, 2.24) is 0 Å². The molecule has 0 spiro atoms. The summed E-state index contributed by atoms with van der Waals surface area (Å²) in [5, 5.41) is 0. The van der Waals surface area contributed by atoms with Gasteiger partial charge in [-0.05, 0) is 92.3 Å². The van der Waals surface area contributed by atoms with E-state index < -0.39 is 0 Å². The van der Waals surface area contributed by atoms with E-state index in [2.05, 4.69) is 12.2 Å². The van der Waals surface area contributed by atoms with Crippen molar-refractivity contribution in [3.8, 4) is 0 Å². The molecule has 0 aromatic heterocycles. The predicted octanol–water partition coefficient (Wildman–Crippen LogP) is 3.79. The summed E-state index contributed by atoms with van der Waals surface area (Å²) in [6, 6.07) is 0. The van der Waals surface area contributed by atoms with Crippen LogP contribution in [0.5, 0.6) is 0 Å². The van der Waals surface area contributed by atoms with Crippen LogP contribution in [0.3, 0.4) is 0 Å². The van der Waals surface area contributed by atoms with Gasteiger partial charge in [-0.3, -0.25) is 4.79 Å². The molecule has 0 aliphatic heterocycles. The molecule has 0 N–H and O–H groups in total. The van der Waals surface area contributed by atoms with Crippen LogP contribution in [-0.2, 0) is 14.3 Å². The monoisotopic (exact) mass is 328 g/mol. The second kappa shape index (κ2) is 5.09. The van der Waals surface area contributed by atoms with E-state index in [0.717, 1.165) is 47.8 Å². The summed E-state index contributed by atoms with van der Waals surface area (Å²) in [7, 11) is 0. The maximum Gasteiger partial charge on any atom is 0.311 e. The average Bonchev–Trinajstić information content (AvgIpc) is 3.41. The van der Waals surface area contributed by atoms with Crippen molar-refractivity contribution in [3.63, 3.8) is 0 Å². The third-order valence-electron chi connectivity index (χ3n) is 8.73. The van der Waals surface area contributed by atoms with Gasteiger partial charge >= 0.3 is 5.97 Å². The van der Waals surface area contributed by atoms with Gasteiger partial charge < -0.3 is 9.47 Å². The summed E-state index contributed by atoms with van der Waals surface area (Å²) < 4.78 is 11.5. The summed E-state index contributed by atoms with van der Waals surface area (Å²) in [5.74, 6) is 6.44. The number of allylic oxidation sites excluding steroid dienone is 2. The minimum atomic E-state index is 0.0378. The summed E-state index contributed by atoms with van der Waals surface area (Å²) >= 11 is 0. The summed E-state index contributed by atoms with van der Waals surface area (Å²) in [6.45, 7) is 0.195. The highest BCUT2D eigenvalue weighted by molar-refractivity contribution is 5.73. The lowest BCUT2D eigenvalue weighted by Crippen LogP contribution is -2.35. The Kier molecular flexibility index (Phi) is 3.05. The third kappa shape index (κ3) is 1.91. The molecule has 6 bridgehead atoms. The molecular weight excluding hydrogens is 300 g/mol. The summed E-state index contributed by atoms with van der Waals surface area (Å²) in [6.07, 6.45) is 14.2. The lowest BCUT2D eigenvalue weighted by molar-refractivity contribution is -0.171. The lowest BCUT2D eigenvalue weighted by Gasteiger charge is -2.35. The Hall–Kier alpha value is -0.830. The first-order chi connectivity index (χ1) is 11.8. The van der Waals surface area contributed by atoms with Crippen LogP contribution >= 0.6 is 0 Å². The summed E-state index contributed by atoms with van der Waals surface area (Å²) in [5.41, 5.74) is 0. The molecule has 3 nitrogen and oxygen atoms in total. The zero-order valence-corrected chi connectivity index (χ0v) is 14.3. The quantitative estimate of drug-likeness (QED) is 0.341. The topological polar surface area (TPSA) is 35.5 Å². The van der Waals surface area contributed by atoms with Crippen LogP contribution < -0.4 is 0 Å². The fourth-order valence-electron chi connectivity index (χ4n) is 7.96. The number of hydrogen-bond acceptors (Lipinski definition) is 3. The zero-order valence-electron chi connectivity index (χ0n) is 14.3. The SMILES string of the molecule is O=C(OCOC1CC2CCC1C2)C1CC2CC1C1C3C=CC(C3)C21. The molecule has 0 aromatic carbocycles. The second-order valence-corrected chi connectivity index (χ2v) is 9.57. The van der Waals surface area contributed by atoms with Crippen LogP contribution in [0.15, 0.2) is 12.2 Å². The van der Waals surface area contributed by atoms with E-state index >= 15 is 0 Å². The summed E-state index contributed by atoms with van der Waals surface area (Å²) in [4.78, 5) is 12.6. The molecule has 6 aliphatic rings. The number of esters is 1. The molecule has 0 radical (unpaired) electrons. The minimum Gasteiger partial charge on any atom is -0.438 e. The molecule has 3 heteroatoms. The van der Waals surface area contributed by atoms with Crippen molar-refractivity contribution in [1.29, 1.82) is 0 Å². The fraction of sp³-hybridized carbons (Fsp3) is 0.857. The Morgan fingerprint density at radius 1 is 0.917 bits per heavy atom. The smallest absolute Gasteiger partial charge is 0.311 e. The van der Waals surface area contributed by atoms with Gasteiger partial charge in [0.25, 0.3) is 0 Å².